The number of fused-ring (bicyclic) bond motifs is 2. The maximum absolute atomic E-state index is 11.8. The molecule has 4 heteroatoms. The number of aryl methyl sites for hydroxylation is 1. The molecule has 0 aliphatic heterocycles. The molecule has 1 aromatic rings. The van der Waals surface area contributed by atoms with Crippen LogP contribution < -0.4 is 5.32 Å². The number of ether oxygens (including phenoxy) is 1. The minimum Gasteiger partial charge on any atom is -0.444 e. The van der Waals surface area contributed by atoms with Gasteiger partial charge < -0.3 is 4.74 Å². The zero-order chi connectivity index (χ0) is 14.5. The van der Waals surface area contributed by atoms with Crippen LogP contribution in [0.2, 0.25) is 0 Å². The van der Waals surface area contributed by atoms with E-state index in [1.54, 1.807) is 0 Å². The van der Waals surface area contributed by atoms with Crippen LogP contribution in [-0.4, -0.2) is 11.7 Å². The summed E-state index contributed by atoms with van der Waals surface area (Å²) in [5, 5.41) is 2.83. The number of halogens is 1. The number of anilines is 1. The summed E-state index contributed by atoms with van der Waals surface area (Å²) in [4.78, 5) is 11.8. The fraction of sp³-hybridized carbons (Fsp3) is 0.562. The van der Waals surface area contributed by atoms with E-state index in [1.807, 2.05) is 26.8 Å². The van der Waals surface area contributed by atoms with E-state index in [2.05, 4.69) is 27.3 Å². The minimum atomic E-state index is -0.476. The Morgan fingerprint density at radius 1 is 1.30 bits per heavy atom. The van der Waals surface area contributed by atoms with E-state index in [9.17, 15) is 4.79 Å². The number of amides is 1. The number of carbonyl (C=O) groups is 1. The summed E-state index contributed by atoms with van der Waals surface area (Å²) in [7, 11) is 0. The average molecular weight is 338 g/mol. The van der Waals surface area contributed by atoms with Crippen LogP contribution in [0, 0.1) is 0 Å². The van der Waals surface area contributed by atoms with Gasteiger partial charge in [-0.25, -0.2) is 4.79 Å². The first-order chi connectivity index (χ1) is 9.29. The van der Waals surface area contributed by atoms with Crippen LogP contribution in [0.3, 0.4) is 0 Å². The summed E-state index contributed by atoms with van der Waals surface area (Å²) >= 11 is 3.67. The van der Waals surface area contributed by atoms with Crippen LogP contribution >= 0.6 is 15.9 Å². The van der Waals surface area contributed by atoms with Crippen molar-refractivity contribution in [2.75, 3.05) is 5.32 Å². The largest absolute Gasteiger partial charge is 0.444 e. The molecule has 0 aromatic heterocycles. The van der Waals surface area contributed by atoms with E-state index in [0.717, 1.165) is 16.6 Å². The predicted molar refractivity (Wildman–Crippen MR) is 83.2 cm³/mol. The molecule has 108 valence electrons. The van der Waals surface area contributed by atoms with Gasteiger partial charge in [0.05, 0.1) is 0 Å². The highest BCUT2D eigenvalue weighted by Crippen LogP contribution is 2.59. The SMILES string of the molecule is CC(C)(C)OC(=O)Nc1cc(Br)c2c(c1)CCC21CC1. The molecule has 0 atom stereocenters. The van der Waals surface area contributed by atoms with Gasteiger partial charge in [0.1, 0.15) is 5.60 Å². The molecule has 3 nitrogen and oxygen atoms in total. The molecule has 1 aromatic carbocycles. The highest BCUT2D eigenvalue weighted by molar-refractivity contribution is 9.10. The van der Waals surface area contributed by atoms with Crippen LogP contribution in [-0.2, 0) is 16.6 Å². The molecule has 1 amide bonds. The molecule has 2 aliphatic carbocycles. The second kappa shape index (κ2) is 4.48. The summed E-state index contributed by atoms with van der Waals surface area (Å²) in [5.74, 6) is 0. The van der Waals surface area contributed by atoms with Gasteiger partial charge in [-0.1, -0.05) is 15.9 Å². The molecular weight excluding hydrogens is 318 g/mol. The van der Waals surface area contributed by atoms with E-state index < -0.39 is 11.7 Å². The Kier molecular flexibility index (Phi) is 3.12. The van der Waals surface area contributed by atoms with Crippen molar-refractivity contribution in [1.29, 1.82) is 0 Å². The fourth-order valence-electron chi connectivity index (χ4n) is 3.10. The number of hydrogen-bond acceptors (Lipinski definition) is 2. The molecule has 20 heavy (non-hydrogen) atoms. The van der Waals surface area contributed by atoms with Gasteiger partial charge in [-0.15, -0.1) is 0 Å². The normalized spacial score (nSPS) is 18.8. The number of carbonyl (C=O) groups excluding carboxylic acids is 1. The summed E-state index contributed by atoms with van der Waals surface area (Å²) in [6.07, 6.45) is 4.56. The zero-order valence-electron chi connectivity index (χ0n) is 12.2. The van der Waals surface area contributed by atoms with Crippen molar-refractivity contribution in [2.24, 2.45) is 0 Å². The van der Waals surface area contributed by atoms with Crippen LogP contribution in [0.1, 0.15) is 51.2 Å². The van der Waals surface area contributed by atoms with E-state index in [4.69, 9.17) is 4.74 Å². The lowest BCUT2D eigenvalue weighted by Gasteiger charge is -2.20. The quantitative estimate of drug-likeness (QED) is 0.801. The zero-order valence-corrected chi connectivity index (χ0v) is 13.8. The number of nitrogens with one attached hydrogen (secondary N) is 1. The third kappa shape index (κ3) is 2.58. The van der Waals surface area contributed by atoms with Gasteiger partial charge in [0.2, 0.25) is 0 Å². The van der Waals surface area contributed by atoms with Crippen LogP contribution in [0.15, 0.2) is 16.6 Å². The molecule has 1 saturated carbocycles. The maximum Gasteiger partial charge on any atom is 0.412 e. The van der Waals surface area contributed by atoms with Crippen LogP contribution in [0.4, 0.5) is 10.5 Å². The van der Waals surface area contributed by atoms with E-state index >= 15 is 0 Å². The lowest BCUT2D eigenvalue weighted by Crippen LogP contribution is -2.27. The van der Waals surface area contributed by atoms with Gasteiger partial charge >= 0.3 is 6.09 Å². The van der Waals surface area contributed by atoms with E-state index in [1.165, 1.54) is 30.4 Å². The van der Waals surface area contributed by atoms with E-state index in [-0.39, 0.29) is 0 Å². The standard InChI is InChI=1S/C16H20BrNO2/c1-15(2,3)20-14(19)18-11-8-10-4-5-16(6-7-16)13(10)12(17)9-11/h8-9H,4-7H2,1-3H3,(H,18,19). The number of rotatable bonds is 1. The first-order valence-electron chi connectivity index (χ1n) is 7.12. The molecule has 0 bridgehead atoms. The Labute approximate surface area is 128 Å². The van der Waals surface area contributed by atoms with Crippen molar-refractivity contribution in [2.45, 2.75) is 57.5 Å². The van der Waals surface area contributed by atoms with E-state index in [0.29, 0.717) is 5.41 Å². The molecule has 1 fully saturated rings. The highest BCUT2D eigenvalue weighted by Gasteiger charge is 2.49. The Morgan fingerprint density at radius 2 is 2.00 bits per heavy atom. The maximum atomic E-state index is 11.8. The van der Waals surface area contributed by atoms with Gasteiger partial charge in [0.15, 0.2) is 0 Å². The van der Waals surface area contributed by atoms with Gasteiger partial charge in [0.25, 0.3) is 0 Å². The molecule has 1 spiro atoms. The lowest BCUT2D eigenvalue weighted by atomic mass is 9.98. The van der Waals surface area contributed by atoms with Crippen molar-refractivity contribution < 1.29 is 9.53 Å². The van der Waals surface area contributed by atoms with Crippen molar-refractivity contribution in [3.05, 3.63) is 27.7 Å². The molecule has 1 N–H and O–H groups in total. The minimum absolute atomic E-state index is 0.400. The molecule has 0 saturated heterocycles. The third-order valence-electron chi connectivity index (χ3n) is 4.07. The molecule has 0 radical (unpaired) electrons. The Hall–Kier alpha value is -1.03. The second-order valence-corrected chi connectivity index (χ2v) is 7.75. The third-order valence-corrected chi connectivity index (χ3v) is 4.70. The Morgan fingerprint density at radius 3 is 2.60 bits per heavy atom. The molecular formula is C16H20BrNO2. The average Bonchev–Trinajstić information content (AvgIpc) is 2.93. The molecule has 3 rings (SSSR count). The first-order valence-corrected chi connectivity index (χ1v) is 7.91. The first kappa shape index (κ1) is 13.9. The number of hydrogen-bond donors (Lipinski definition) is 1. The molecule has 0 heterocycles. The van der Waals surface area contributed by atoms with Crippen molar-refractivity contribution in [1.82, 2.24) is 0 Å². The summed E-state index contributed by atoms with van der Waals surface area (Å²) in [5.41, 5.74) is 3.60. The fourth-order valence-corrected chi connectivity index (χ4v) is 4.02. The lowest BCUT2D eigenvalue weighted by molar-refractivity contribution is 0.0636. The highest BCUT2D eigenvalue weighted by atomic mass is 79.9. The van der Waals surface area contributed by atoms with Gasteiger partial charge in [-0.05, 0) is 75.1 Å². The molecule has 2 aliphatic rings. The number of benzene rings is 1. The van der Waals surface area contributed by atoms with Gasteiger partial charge in [0, 0.05) is 10.2 Å². The van der Waals surface area contributed by atoms with Crippen LogP contribution in [0.5, 0.6) is 0 Å². The monoisotopic (exact) mass is 337 g/mol. The Bertz CT molecular complexity index is 571. The van der Waals surface area contributed by atoms with Crippen molar-refractivity contribution >= 4 is 27.7 Å². The van der Waals surface area contributed by atoms with Crippen molar-refractivity contribution in [3.63, 3.8) is 0 Å². The second-order valence-electron chi connectivity index (χ2n) is 6.90. The van der Waals surface area contributed by atoms with Gasteiger partial charge in [-0.3, -0.25) is 5.32 Å². The summed E-state index contributed by atoms with van der Waals surface area (Å²) in [6.45, 7) is 5.59. The predicted octanol–water partition coefficient (Wildman–Crippen LogP) is 4.77. The topological polar surface area (TPSA) is 38.3 Å². The van der Waals surface area contributed by atoms with Crippen molar-refractivity contribution in [3.8, 4) is 0 Å². The van der Waals surface area contributed by atoms with Crippen LogP contribution in [0.25, 0.3) is 0 Å². The Balaban J connectivity index is 1.80. The smallest absolute Gasteiger partial charge is 0.412 e. The van der Waals surface area contributed by atoms with Gasteiger partial charge in [-0.2, -0.15) is 0 Å². The molecule has 0 unspecified atom stereocenters. The summed E-state index contributed by atoms with van der Waals surface area (Å²) < 4.78 is 6.41. The summed E-state index contributed by atoms with van der Waals surface area (Å²) in [6, 6.07) is 4.09.